The first-order valence-corrected chi connectivity index (χ1v) is 7.20. The number of fused-ring (bicyclic) bond motifs is 1. The van der Waals surface area contributed by atoms with E-state index in [0.717, 1.165) is 25.7 Å². The average Bonchev–Trinajstić information content (AvgIpc) is 2.74. The quantitative estimate of drug-likeness (QED) is 0.881. The summed E-state index contributed by atoms with van der Waals surface area (Å²) in [6.45, 7) is 4.22. The van der Waals surface area contributed by atoms with E-state index in [-0.39, 0.29) is 11.2 Å². The third-order valence-corrected chi connectivity index (χ3v) is 4.76. The van der Waals surface area contributed by atoms with Crippen molar-refractivity contribution in [3.8, 4) is 5.75 Å². The van der Waals surface area contributed by atoms with Crippen molar-refractivity contribution in [1.29, 1.82) is 0 Å². The molecule has 1 unspecified atom stereocenters. The monoisotopic (exact) mass is 275 g/mol. The molecule has 20 heavy (non-hydrogen) atoms. The molecular formula is C16H21NO3. The zero-order valence-electron chi connectivity index (χ0n) is 12.0. The molecule has 3 rings (SSSR count). The second kappa shape index (κ2) is 4.48. The number of aromatic hydroxyl groups is 1. The molecule has 2 aromatic rings. The van der Waals surface area contributed by atoms with Gasteiger partial charge in [-0.3, -0.25) is 0 Å². The Morgan fingerprint density at radius 1 is 1.25 bits per heavy atom. The van der Waals surface area contributed by atoms with Gasteiger partial charge in [-0.2, -0.15) is 0 Å². The standard InChI is InChI=1S/C16H21NO3/c1-15(2)7-3-4-8-16(15,19)10-14-17-12-9-11(18)5-6-13(12)20-14/h5-6,9,18-19H,3-4,7-8,10H2,1-2H3. The van der Waals surface area contributed by atoms with Crippen molar-refractivity contribution >= 4 is 11.1 Å². The fourth-order valence-corrected chi connectivity index (χ4v) is 3.17. The Hall–Kier alpha value is -1.55. The lowest BCUT2D eigenvalue weighted by Crippen LogP contribution is -2.48. The van der Waals surface area contributed by atoms with Gasteiger partial charge in [0, 0.05) is 6.07 Å². The third kappa shape index (κ3) is 2.18. The number of aliphatic hydroxyl groups is 1. The van der Waals surface area contributed by atoms with Crippen LogP contribution in [0, 0.1) is 5.41 Å². The Kier molecular flexibility index (Phi) is 3.01. The van der Waals surface area contributed by atoms with Crippen LogP contribution in [0.4, 0.5) is 0 Å². The summed E-state index contributed by atoms with van der Waals surface area (Å²) in [5.74, 6) is 0.720. The van der Waals surface area contributed by atoms with Crippen molar-refractivity contribution in [2.75, 3.05) is 0 Å². The molecule has 0 aliphatic heterocycles. The highest BCUT2D eigenvalue weighted by atomic mass is 16.4. The van der Waals surface area contributed by atoms with E-state index in [9.17, 15) is 10.2 Å². The predicted molar refractivity (Wildman–Crippen MR) is 76.6 cm³/mol. The summed E-state index contributed by atoms with van der Waals surface area (Å²) in [6.07, 6.45) is 4.43. The Morgan fingerprint density at radius 2 is 2.00 bits per heavy atom. The smallest absolute Gasteiger partial charge is 0.198 e. The van der Waals surface area contributed by atoms with Gasteiger partial charge in [0.1, 0.15) is 11.3 Å². The SMILES string of the molecule is CC1(C)CCCCC1(O)Cc1nc2cc(O)ccc2o1. The molecule has 1 aromatic carbocycles. The highest BCUT2D eigenvalue weighted by molar-refractivity contribution is 5.74. The third-order valence-electron chi connectivity index (χ3n) is 4.76. The maximum Gasteiger partial charge on any atom is 0.198 e. The fourth-order valence-electron chi connectivity index (χ4n) is 3.17. The minimum atomic E-state index is -0.770. The van der Waals surface area contributed by atoms with Crippen molar-refractivity contribution in [3.05, 3.63) is 24.1 Å². The number of hydrogen-bond donors (Lipinski definition) is 2. The van der Waals surface area contributed by atoms with Crippen LogP contribution in [0.25, 0.3) is 11.1 Å². The molecule has 1 saturated carbocycles. The van der Waals surface area contributed by atoms with Gasteiger partial charge in [0.05, 0.1) is 12.0 Å². The minimum absolute atomic E-state index is 0.131. The second-order valence-corrected chi connectivity index (χ2v) is 6.56. The molecule has 0 spiro atoms. The van der Waals surface area contributed by atoms with E-state index in [1.54, 1.807) is 18.2 Å². The van der Waals surface area contributed by atoms with Gasteiger partial charge in [0.2, 0.25) is 0 Å². The van der Waals surface area contributed by atoms with E-state index >= 15 is 0 Å². The summed E-state index contributed by atoms with van der Waals surface area (Å²) < 4.78 is 5.70. The molecule has 1 fully saturated rings. The highest BCUT2D eigenvalue weighted by Gasteiger charge is 2.46. The highest BCUT2D eigenvalue weighted by Crippen LogP contribution is 2.45. The average molecular weight is 275 g/mol. The van der Waals surface area contributed by atoms with Crippen LogP contribution in [0.5, 0.6) is 5.75 Å². The number of aromatic nitrogens is 1. The van der Waals surface area contributed by atoms with Gasteiger partial charge in [-0.05, 0) is 30.4 Å². The molecule has 0 saturated heterocycles. The van der Waals surface area contributed by atoms with E-state index in [1.165, 1.54) is 0 Å². The maximum absolute atomic E-state index is 11.0. The van der Waals surface area contributed by atoms with Gasteiger partial charge in [-0.1, -0.05) is 26.7 Å². The van der Waals surface area contributed by atoms with Crippen LogP contribution in [-0.4, -0.2) is 20.8 Å². The van der Waals surface area contributed by atoms with Crippen LogP contribution in [0.1, 0.15) is 45.4 Å². The molecule has 1 atom stereocenters. The Labute approximate surface area is 118 Å². The number of nitrogens with zero attached hydrogens (tertiary/aromatic N) is 1. The van der Waals surface area contributed by atoms with E-state index < -0.39 is 5.60 Å². The van der Waals surface area contributed by atoms with E-state index in [1.807, 2.05) is 0 Å². The van der Waals surface area contributed by atoms with Gasteiger partial charge >= 0.3 is 0 Å². The fraction of sp³-hybridized carbons (Fsp3) is 0.562. The summed E-state index contributed by atoms with van der Waals surface area (Å²) in [5, 5.41) is 20.4. The Morgan fingerprint density at radius 3 is 2.75 bits per heavy atom. The van der Waals surface area contributed by atoms with Gasteiger partial charge < -0.3 is 14.6 Å². The summed E-state index contributed by atoms with van der Waals surface area (Å²) in [6, 6.07) is 4.87. The zero-order chi connectivity index (χ0) is 14.4. The number of oxazole rings is 1. The van der Waals surface area contributed by atoms with E-state index in [0.29, 0.717) is 23.4 Å². The number of phenols is 1. The van der Waals surface area contributed by atoms with E-state index in [2.05, 4.69) is 18.8 Å². The predicted octanol–water partition coefficient (Wildman–Crippen LogP) is 3.41. The number of hydrogen-bond acceptors (Lipinski definition) is 4. The van der Waals surface area contributed by atoms with Gasteiger partial charge in [-0.25, -0.2) is 4.98 Å². The molecule has 1 heterocycles. The largest absolute Gasteiger partial charge is 0.508 e. The summed E-state index contributed by atoms with van der Waals surface area (Å²) >= 11 is 0. The summed E-state index contributed by atoms with van der Waals surface area (Å²) in [4.78, 5) is 4.39. The van der Waals surface area contributed by atoms with Crippen molar-refractivity contribution in [1.82, 2.24) is 4.98 Å². The molecule has 1 aliphatic carbocycles. The lowest BCUT2D eigenvalue weighted by molar-refractivity contribution is -0.0990. The molecule has 1 aliphatic rings. The van der Waals surface area contributed by atoms with Crippen LogP contribution >= 0.6 is 0 Å². The first-order chi connectivity index (χ1) is 9.40. The molecular weight excluding hydrogens is 254 g/mol. The van der Waals surface area contributed by atoms with Crippen molar-refractivity contribution < 1.29 is 14.6 Å². The Bertz CT molecular complexity index is 632. The lowest BCUT2D eigenvalue weighted by Gasteiger charge is -2.46. The number of phenolic OH excluding ortho intramolecular Hbond substituents is 1. The molecule has 2 N–H and O–H groups in total. The van der Waals surface area contributed by atoms with Crippen LogP contribution in [-0.2, 0) is 6.42 Å². The van der Waals surface area contributed by atoms with Gasteiger partial charge in [0.25, 0.3) is 0 Å². The zero-order valence-corrected chi connectivity index (χ0v) is 12.0. The molecule has 4 heteroatoms. The normalized spacial score (nSPS) is 25.9. The van der Waals surface area contributed by atoms with Crippen molar-refractivity contribution in [3.63, 3.8) is 0 Å². The summed E-state index contributed by atoms with van der Waals surface area (Å²) in [7, 11) is 0. The molecule has 0 bridgehead atoms. The Balaban J connectivity index is 1.92. The van der Waals surface area contributed by atoms with Gasteiger partial charge in [0.15, 0.2) is 11.5 Å². The summed E-state index contributed by atoms with van der Waals surface area (Å²) in [5.41, 5.74) is 0.384. The maximum atomic E-state index is 11.0. The topological polar surface area (TPSA) is 66.5 Å². The molecule has 108 valence electrons. The number of benzene rings is 1. The van der Waals surface area contributed by atoms with Crippen LogP contribution < -0.4 is 0 Å². The van der Waals surface area contributed by atoms with Crippen molar-refractivity contribution in [2.24, 2.45) is 5.41 Å². The second-order valence-electron chi connectivity index (χ2n) is 6.56. The first kappa shape index (κ1) is 13.4. The molecule has 1 aromatic heterocycles. The minimum Gasteiger partial charge on any atom is -0.508 e. The van der Waals surface area contributed by atoms with Gasteiger partial charge in [-0.15, -0.1) is 0 Å². The lowest BCUT2D eigenvalue weighted by atomic mass is 9.64. The van der Waals surface area contributed by atoms with E-state index in [4.69, 9.17) is 4.42 Å². The first-order valence-electron chi connectivity index (χ1n) is 7.20. The molecule has 0 amide bonds. The molecule has 4 nitrogen and oxygen atoms in total. The van der Waals surface area contributed by atoms with Crippen LogP contribution in [0.15, 0.2) is 22.6 Å². The van der Waals surface area contributed by atoms with Crippen molar-refractivity contribution in [2.45, 2.75) is 51.6 Å². The number of rotatable bonds is 2. The van der Waals surface area contributed by atoms with Crippen LogP contribution in [0.2, 0.25) is 0 Å². The molecule has 0 radical (unpaired) electrons. The van der Waals surface area contributed by atoms with Crippen LogP contribution in [0.3, 0.4) is 0 Å².